The van der Waals surface area contributed by atoms with Gasteiger partial charge in [0.2, 0.25) is 0 Å². The maximum Gasteiger partial charge on any atom is 0.279 e. The van der Waals surface area contributed by atoms with Gasteiger partial charge < -0.3 is 5.84 Å². The lowest BCUT2D eigenvalue weighted by Gasteiger charge is -2.33. The van der Waals surface area contributed by atoms with Crippen LogP contribution < -0.4 is 11.4 Å². The zero-order valence-electron chi connectivity index (χ0n) is 12.0. The van der Waals surface area contributed by atoms with Crippen LogP contribution in [0.3, 0.4) is 0 Å². The molecule has 0 aliphatic heterocycles. The summed E-state index contributed by atoms with van der Waals surface area (Å²) in [6.07, 6.45) is 6.34. The predicted molar refractivity (Wildman–Crippen MR) is 81.4 cm³/mol. The van der Waals surface area contributed by atoms with Crippen molar-refractivity contribution >= 4 is 10.9 Å². The van der Waals surface area contributed by atoms with Gasteiger partial charge in [-0.1, -0.05) is 12.1 Å². The number of nitrogens with two attached hydrogens (primary N) is 1. The number of nitrogens with zero attached hydrogens (tertiary/aromatic N) is 2. The van der Waals surface area contributed by atoms with E-state index in [-0.39, 0.29) is 11.0 Å². The second-order valence-corrected chi connectivity index (χ2v) is 7.33. The van der Waals surface area contributed by atoms with Crippen LogP contribution in [0.1, 0.15) is 37.9 Å². The Hall–Kier alpha value is -1.84. The minimum atomic E-state index is -0.101. The summed E-state index contributed by atoms with van der Waals surface area (Å²) in [6.45, 7) is 0. The molecule has 2 aromatic rings. The van der Waals surface area contributed by atoms with E-state index in [2.05, 4.69) is 0 Å². The molecule has 6 rings (SSSR count). The largest absolute Gasteiger partial charge is 0.335 e. The molecule has 21 heavy (non-hydrogen) atoms. The Labute approximate surface area is 123 Å². The van der Waals surface area contributed by atoms with Crippen molar-refractivity contribution in [3.8, 4) is 0 Å². The summed E-state index contributed by atoms with van der Waals surface area (Å²) < 4.78 is 1.35. The van der Waals surface area contributed by atoms with Gasteiger partial charge in [-0.05, 0) is 62.0 Å². The van der Waals surface area contributed by atoms with E-state index < -0.39 is 0 Å². The number of hydrogen-bond donors (Lipinski definition) is 1. The van der Waals surface area contributed by atoms with Gasteiger partial charge in [-0.25, -0.2) is 9.66 Å². The molecule has 4 nitrogen and oxygen atoms in total. The first-order valence-electron chi connectivity index (χ1n) is 7.95. The Balaban J connectivity index is 1.79. The highest BCUT2D eigenvalue weighted by molar-refractivity contribution is 5.77. The molecule has 4 saturated carbocycles. The summed E-state index contributed by atoms with van der Waals surface area (Å²) in [5.74, 6) is 9.36. The summed E-state index contributed by atoms with van der Waals surface area (Å²) >= 11 is 0. The molecular weight excluding hydrogens is 262 g/mol. The average molecular weight is 281 g/mol. The number of benzene rings is 1. The second kappa shape index (κ2) is 3.67. The van der Waals surface area contributed by atoms with E-state index in [0.717, 1.165) is 23.2 Å². The Morgan fingerprint density at radius 3 is 2.62 bits per heavy atom. The number of nitrogen functional groups attached to an aromatic ring is 1. The van der Waals surface area contributed by atoms with Crippen molar-refractivity contribution in [2.75, 3.05) is 5.84 Å². The van der Waals surface area contributed by atoms with Crippen LogP contribution >= 0.6 is 0 Å². The standard InChI is InChI=1S/C17H19N3O/c18-20-15(21)13-3-1-2-4-14(13)19-16(20)17-8-10-5-11(9-17)7-12(17)6-10/h1-4,10-12H,5-9,18H2. The van der Waals surface area contributed by atoms with Gasteiger partial charge in [0.15, 0.2) is 0 Å². The van der Waals surface area contributed by atoms with E-state index in [1.54, 1.807) is 0 Å². The molecule has 0 amide bonds. The molecular formula is C17H19N3O. The maximum atomic E-state index is 12.6. The smallest absolute Gasteiger partial charge is 0.279 e. The van der Waals surface area contributed by atoms with Crippen molar-refractivity contribution in [2.45, 2.75) is 37.5 Å². The molecule has 1 aromatic heterocycles. The molecule has 4 fully saturated rings. The lowest BCUT2D eigenvalue weighted by atomic mass is 9.75. The zero-order valence-corrected chi connectivity index (χ0v) is 12.0. The fourth-order valence-electron chi connectivity index (χ4n) is 5.66. The van der Waals surface area contributed by atoms with Crippen LogP contribution in [-0.4, -0.2) is 9.66 Å². The minimum absolute atomic E-state index is 0.0749. The molecule has 0 spiro atoms. The van der Waals surface area contributed by atoms with Gasteiger partial charge in [-0.2, -0.15) is 0 Å². The first kappa shape index (κ1) is 11.8. The average Bonchev–Trinajstić information content (AvgIpc) is 2.88. The fourth-order valence-corrected chi connectivity index (χ4v) is 5.66. The Kier molecular flexibility index (Phi) is 2.06. The molecule has 2 unspecified atom stereocenters. The van der Waals surface area contributed by atoms with Crippen molar-refractivity contribution in [2.24, 2.45) is 17.8 Å². The van der Waals surface area contributed by atoms with Crippen LogP contribution in [0.2, 0.25) is 0 Å². The number of fused-ring (bicyclic) bond motifs is 1. The molecule has 1 aromatic carbocycles. The van der Waals surface area contributed by atoms with Gasteiger partial charge in [-0.15, -0.1) is 0 Å². The molecule has 4 aliphatic carbocycles. The summed E-state index contributed by atoms with van der Waals surface area (Å²) in [4.78, 5) is 17.4. The molecule has 0 radical (unpaired) electrons. The topological polar surface area (TPSA) is 60.9 Å². The van der Waals surface area contributed by atoms with Crippen molar-refractivity contribution in [1.29, 1.82) is 0 Å². The van der Waals surface area contributed by atoms with Gasteiger partial charge >= 0.3 is 0 Å². The highest BCUT2D eigenvalue weighted by atomic mass is 16.1. The van der Waals surface area contributed by atoms with E-state index in [0.29, 0.717) is 11.3 Å². The van der Waals surface area contributed by atoms with Crippen LogP contribution in [0, 0.1) is 17.8 Å². The van der Waals surface area contributed by atoms with Crippen LogP contribution in [0.4, 0.5) is 0 Å². The highest BCUT2D eigenvalue weighted by Crippen LogP contribution is 2.65. The van der Waals surface area contributed by atoms with Crippen molar-refractivity contribution in [3.63, 3.8) is 0 Å². The van der Waals surface area contributed by atoms with Gasteiger partial charge in [0.25, 0.3) is 5.56 Å². The molecule has 0 saturated heterocycles. The second-order valence-electron chi connectivity index (χ2n) is 7.33. The number of rotatable bonds is 1. The minimum Gasteiger partial charge on any atom is -0.335 e. The summed E-state index contributed by atoms with van der Waals surface area (Å²) in [5.41, 5.74) is 0.766. The molecule has 2 N–H and O–H groups in total. The van der Waals surface area contributed by atoms with Crippen molar-refractivity contribution < 1.29 is 0 Å². The molecule has 1 heterocycles. The Bertz CT molecular complexity index is 795. The van der Waals surface area contributed by atoms with E-state index >= 15 is 0 Å². The number of hydrogen-bond acceptors (Lipinski definition) is 3. The third-order valence-electron chi connectivity index (χ3n) is 6.24. The van der Waals surface area contributed by atoms with Crippen molar-refractivity contribution in [1.82, 2.24) is 9.66 Å². The summed E-state index contributed by atoms with van der Waals surface area (Å²) in [7, 11) is 0. The predicted octanol–water partition coefficient (Wildman–Crippen LogP) is 2.19. The third-order valence-corrected chi connectivity index (χ3v) is 6.24. The maximum absolute atomic E-state index is 12.6. The Morgan fingerprint density at radius 1 is 1.14 bits per heavy atom. The first-order valence-corrected chi connectivity index (χ1v) is 7.95. The SMILES string of the molecule is Nn1c(C23CC4CC(CC2C4)C3)nc2ccccc2c1=O. The van der Waals surface area contributed by atoms with E-state index in [1.807, 2.05) is 24.3 Å². The van der Waals surface area contributed by atoms with Crippen LogP contribution in [0.5, 0.6) is 0 Å². The van der Waals surface area contributed by atoms with Gasteiger partial charge in [0.1, 0.15) is 5.82 Å². The molecule has 4 aliphatic rings. The lowest BCUT2D eigenvalue weighted by Crippen LogP contribution is -2.41. The first-order chi connectivity index (χ1) is 10.2. The molecule has 4 bridgehead atoms. The van der Waals surface area contributed by atoms with E-state index in [9.17, 15) is 4.79 Å². The van der Waals surface area contributed by atoms with Gasteiger partial charge in [-0.3, -0.25) is 4.79 Å². The molecule has 2 atom stereocenters. The Morgan fingerprint density at radius 2 is 1.86 bits per heavy atom. The quantitative estimate of drug-likeness (QED) is 0.815. The zero-order chi connectivity index (χ0) is 14.2. The van der Waals surface area contributed by atoms with Crippen molar-refractivity contribution in [3.05, 3.63) is 40.4 Å². The van der Waals surface area contributed by atoms with Crippen LogP contribution in [0.25, 0.3) is 10.9 Å². The van der Waals surface area contributed by atoms with E-state index in [4.69, 9.17) is 10.8 Å². The molecule has 4 heteroatoms. The normalized spacial score (nSPS) is 36.7. The van der Waals surface area contributed by atoms with Gasteiger partial charge in [0, 0.05) is 5.41 Å². The summed E-state index contributed by atoms with van der Waals surface area (Å²) in [5, 5.41) is 0.623. The fraction of sp³-hybridized carbons (Fsp3) is 0.529. The summed E-state index contributed by atoms with van der Waals surface area (Å²) in [6, 6.07) is 7.55. The third kappa shape index (κ3) is 1.36. The van der Waals surface area contributed by atoms with E-state index in [1.165, 1.54) is 36.8 Å². The van der Waals surface area contributed by atoms with Crippen LogP contribution in [-0.2, 0) is 5.41 Å². The van der Waals surface area contributed by atoms with Gasteiger partial charge in [0.05, 0.1) is 10.9 Å². The number of aromatic nitrogens is 2. The van der Waals surface area contributed by atoms with Crippen LogP contribution in [0.15, 0.2) is 29.1 Å². The lowest BCUT2D eigenvalue weighted by molar-refractivity contribution is 0.258. The number of para-hydroxylation sites is 1. The highest BCUT2D eigenvalue weighted by Gasteiger charge is 2.60. The monoisotopic (exact) mass is 281 g/mol. The molecule has 108 valence electrons.